The zero-order valence-corrected chi connectivity index (χ0v) is 12.1. The topological polar surface area (TPSA) is 49.4 Å². The number of sulfone groups is 1. The van der Waals surface area contributed by atoms with E-state index < -0.39 is 9.84 Å². The van der Waals surface area contributed by atoms with Crippen LogP contribution in [0.3, 0.4) is 0 Å². The second-order valence-electron chi connectivity index (χ2n) is 4.69. The molecule has 1 fully saturated rings. The molecule has 0 radical (unpaired) electrons. The Morgan fingerprint density at radius 2 is 2.17 bits per heavy atom. The van der Waals surface area contributed by atoms with E-state index in [4.69, 9.17) is 11.6 Å². The first kappa shape index (κ1) is 13.6. The second-order valence-corrected chi connectivity index (χ2v) is 7.11. The second kappa shape index (κ2) is 5.07. The third-order valence-corrected chi connectivity index (χ3v) is 4.47. The molecular weight excluding hydrogens is 272 g/mol. The number of halogens is 1. The third-order valence-electron chi connectivity index (χ3n) is 3.06. The Kier molecular flexibility index (Phi) is 3.84. The Labute approximate surface area is 113 Å². The molecule has 1 saturated heterocycles. The molecule has 1 atom stereocenters. The number of nitrogens with one attached hydrogen (secondary N) is 1. The van der Waals surface area contributed by atoms with Crippen molar-refractivity contribution in [3.8, 4) is 0 Å². The van der Waals surface area contributed by atoms with Gasteiger partial charge in [0.1, 0.15) is 0 Å². The Morgan fingerprint density at radius 3 is 2.72 bits per heavy atom. The van der Waals surface area contributed by atoms with Gasteiger partial charge in [-0.3, -0.25) is 0 Å². The number of rotatable bonds is 2. The zero-order valence-electron chi connectivity index (χ0n) is 10.5. The summed E-state index contributed by atoms with van der Waals surface area (Å²) in [6, 6.07) is 5.34. The Bertz CT molecular complexity index is 545. The average molecular weight is 289 g/mol. The van der Waals surface area contributed by atoms with Crippen LogP contribution in [0.25, 0.3) is 0 Å². The lowest BCUT2D eigenvalue weighted by Gasteiger charge is -2.34. The molecular formula is C12H17ClN2O2S. The third kappa shape index (κ3) is 2.96. The van der Waals surface area contributed by atoms with Crippen LogP contribution in [0.1, 0.15) is 6.92 Å². The van der Waals surface area contributed by atoms with E-state index in [1.165, 1.54) is 12.3 Å². The maximum atomic E-state index is 11.4. The molecule has 1 aliphatic heterocycles. The summed E-state index contributed by atoms with van der Waals surface area (Å²) in [6.45, 7) is 4.77. The van der Waals surface area contributed by atoms with Gasteiger partial charge in [0.2, 0.25) is 0 Å². The molecule has 0 aromatic heterocycles. The van der Waals surface area contributed by atoms with Crippen LogP contribution in [-0.2, 0) is 9.84 Å². The standard InChI is InChI=1S/C12H17ClN2O2S/c1-9-8-15(6-5-14-9)12-4-3-10(7-11(12)13)18(2,16)17/h3-4,7,9,14H,5-6,8H2,1-2H3/t9-/m1/s1. The van der Waals surface area contributed by atoms with Crippen molar-refractivity contribution < 1.29 is 8.42 Å². The number of anilines is 1. The first-order valence-electron chi connectivity index (χ1n) is 5.86. The largest absolute Gasteiger partial charge is 0.368 e. The number of hydrogen-bond acceptors (Lipinski definition) is 4. The fourth-order valence-electron chi connectivity index (χ4n) is 2.13. The molecule has 1 N–H and O–H groups in total. The first-order valence-corrected chi connectivity index (χ1v) is 8.13. The molecule has 4 nitrogen and oxygen atoms in total. The average Bonchev–Trinajstić information content (AvgIpc) is 2.27. The van der Waals surface area contributed by atoms with E-state index >= 15 is 0 Å². The summed E-state index contributed by atoms with van der Waals surface area (Å²) in [6.07, 6.45) is 1.19. The summed E-state index contributed by atoms with van der Waals surface area (Å²) < 4.78 is 22.9. The molecule has 0 aliphatic carbocycles. The van der Waals surface area contributed by atoms with E-state index in [0.29, 0.717) is 11.1 Å². The minimum absolute atomic E-state index is 0.263. The molecule has 0 amide bonds. The minimum Gasteiger partial charge on any atom is -0.368 e. The van der Waals surface area contributed by atoms with Gasteiger partial charge in [-0.15, -0.1) is 0 Å². The fourth-order valence-corrected chi connectivity index (χ4v) is 3.14. The van der Waals surface area contributed by atoms with Crippen LogP contribution in [0.2, 0.25) is 5.02 Å². The molecule has 100 valence electrons. The van der Waals surface area contributed by atoms with Gasteiger partial charge in [-0.25, -0.2) is 8.42 Å². The highest BCUT2D eigenvalue weighted by atomic mass is 35.5. The Morgan fingerprint density at radius 1 is 1.44 bits per heavy atom. The molecule has 1 aliphatic rings. The summed E-state index contributed by atoms with van der Waals surface area (Å²) in [5, 5.41) is 3.85. The Hall–Kier alpha value is -0.780. The van der Waals surface area contributed by atoms with Crippen molar-refractivity contribution in [3.05, 3.63) is 23.2 Å². The molecule has 1 aromatic carbocycles. The fraction of sp³-hybridized carbons (Fsp3) is 0.500. The lowest BCUT2D eigenvalue weighted by Crippen LogP contribution is -2.49. The van der Waals surface area contributed by atoms with Gasteiger partial charge in [0, 0.05) is 31.9 Å². The molecule has 18 heavy (non-hydrogen) atoms. The summed E-state index contributed by atoms with van der Waals surface area (Å²) in [7, 11) is -3.20. The van der Waals surface area contributed by atoms with Crippen molar-refractivity contribution in [2.24, 2.45) is 0 Å². The van der Waals surface area contributed by atoms with Crippen LogP contribution in [0.5, 0.6) is 0 Å². The smallest absolute Gasteiger partial charge is 0.175 e. The van der Waals surface area contributed by atoms with Crippen LogP contribution in [0, 0.1) is 0 Å². The van der Waals surface area contributed by atoms with Gasteiger partial charge in [0.15, 0.2) is 9.84 Å². The molecule has 0 saturated carbocycles. The monoisotopic (exact) mass is 288 g/mol. The van der Waals surface area contributed by atoms with E-state index in [9.17, 15) is 8.42 Å². The molecule has 0 spiro atoms. The highest BCUT2D eigenvalue weighted by Crippen LogP contribution is 2.29. The summed E-state index contributed by atoms with van der Waals surface area (Å²) in [5.74, 6) is 0. The highest BCUT2D eigenvalue weighted by Gasteiger charge is 2.19. The molecule has 2 rings (SSSR count). The number of hydrogen-bond donors (Lipinski definition) is 1. The van der Waals surface area contributed by atoms with Crippen LogP contribution in [0.4, 0.5) is 5.69 Å². The van der Waals surface area contributed by atoms with E-state index in [2.05, 4.69) is 17.1 Å². The van der Waals surface area contributed by atoms with Gasteiger partial charge in [-0.2, -0.15) is 0 Å². The van der Waals surface area contributed by atoms with Gasteiger partial charge in [0.25, 0.3) is 0 Å². The molecule has 0 unspecified atom stereocenters. The van der Waals surface area contributed by atoms with Gasteiger partial charge in [0.05, 0.1) is 15.6 Å². The van der Waals surface area contributed by atoms with Crippen LogP contribution >= 0.6 is 11.6 Å². The van der Waals surface area contributed by atoms with Crippen molar-refractivity contribution in [3.63, 3.8) is 0 Å². The van der Waals surface area contributed by atoms with Crippen molar-refractivity contribution in [1.82, 2.24) is 5.32 Å². The van der Waals surface area contributed by atoms with E-state index in [1.807, 2.05) is 0 Å². The number of benzene rings is 1. The predicted molar refractivity (Wildman–Crippen MR) is 74.2 cm³/mol. The zero-order chi connectivity index (χ0) is 13.3. The van der Waals surface area contributed by atoms with Crippen molar-refractivity contribution >= 4 is 27.1 Å². The summed E-state index contributed by atoms with van der Waals surface area (Å²) in [4.78, 5) is 2.44. The highest BCUT2D eigenvalue weighted by molar-refractivity contribution is 7.90. The SMILES string of the molecule is C[C@@H]1CN(c2ccc(S(C)(=O)=O)cc2Cl)CCN1. The van der Waals surface area contributed by atoms with Crippen LogP contribution < -0.4 is 10.2 Å². The molecule has 6 heteroatoms. The van der Waals surface area contributed by atoms with Gasteiger partial charge in [-0.05, 0) is 25.1 Å². The molecule has 0 bridgehead atoms. The normalized spacial score (nSPS) is 21.1. The minimum atomic E-state index is -3.20. The lowest BCUT2D eigenvalue weighted by atomic mass is 10.2. The summed E-state index contributed by atoms with van der Waals surface area (Å²) >= 11 is 6.19. The van der Waals surface area contributed by atoms with E-state index in [0.717, 1.165) is 25.3 Å². The van der Waals surface area contributed by atoms with Gasteiger partial charge < -0.3 is 10.2 Å². The van der Waals surface area contributed by atoms with Crippen LogP contribution in [0.15, 0.2) is 23.1 Å². The maximum absolute atomic E-state index is 11.4. The maximum Gasteiger partial charge on any atom is 0.175 e. The predicted octanol–water partition coefficient (Wildman–Crippen LogP) is 1.54. The molecule has 1 heterocycles. The van der Waals surface area contributed by atoms with Gasteiger partial charge >= 0.3 is 0 Å². The molecule has 1 aromatic rings. The number of nitrogens with zero attached hydrogens (tertiary/aromatic N) is 1. The van der Waals surface area contributed by atoms with E-state index in [-0.39, 0.29) is 4.90 Å². The van der Waals surface area contributed by atoms with Crippen molar-refractivity contribution in [2.45, 2.75) is 17.9 Å². The van der Waals surface area contributed by atoms with E-state index in [1.54, 1.807) is 12.1 Å². The number of piperazine rings is 1. The van der Waals surface area contributed by atoms with Crippen LogP contribution in [-0.4, -0.2) is 40.3 Å². The van der Waals surface area contributed by atoms with Gasteiger partial charge in [-0.1, -0.05) is 11.6 Å². The first-order chi connectivity index (χ1) is 8.38. The quantitative estimate of drug-likeness (QED) is 0.897. The Balaban J connectivity index is 2.30. The lowest BCUT2D eigenvalue weighted by molar-refractivity contribution is 0.485. The van der Waals surface area contributed by atoms with Crippen molar-refractivity contribution in [1.29, 1.82) is 0 Å². The van der Waals surface area contributed by atoms with Crippen molar-refractivity contribution in [2.75, 3.05) is 30.8 Å². The summed E-state index contributed by atoms with van der Waals surface area (Å²) in [5.41, 5.74) is 0.900.